The number of rotatable bonds is 5. The highest BCUT2D eigenvalue weighted by atomic mass is 16.5. The number of furan rings is 1. The van der Waals surface area contributed by atoms with Gasteiger partial charge in [-0.15, -0.1) is 0 Å². The zero-order chi connectivity index (χ0) is 17.4. The summed E-state index contributed by atoms with van der Waals surface area (Å²) >= 11 is 0. The third kappa shape index (κ3) is 2.67. The summed E-state index contributed by atoms with van der Waals surface area (Å²) in [5.74, 6) is 0.0839. The van der Waals surface area contributed by atoms with E-state index in [2.05, 4.69) is 5.32 Å². The molecule has 3 fully saturated rings. The molecule has 2 heterocycles. The van der Waals surface area contributed by atoms with Crippen LogP contribution in [-0.4, -0.2) is 48.1 Å². The van der Waals surface area contributed by atoms with Gasteiger partial charge in [0.05, 0.1) is 12.4 Å². The number of nitrogens with zero attached hydrogens (tertiary/aromatic N) is 1. The van der Waals surface area contributed by atoms with Crippen molar-refractivity contribution in [2.24, 2.45) is 5.41 Å². The Morgan fingerprint density at radius 2 is 2.24 bits per heavy atom. The highest BCUT2D eigenvalue weighted by Crippen LogP contribution is 2.57. The average Bonchev–Trinajstić information content (AvgIpc) is 3.22. The molecule has 2 amide bonds. The molecule has 2 aliphatic carbocycles. The molecule has 1 spiro atoms. The fourth-order valence-electron chi connectivity index (χ4n) is 4.73. The molecule has 2 saturated carbocycles. The number of carbonyl (C=O) groups is 2. The number of nitrogens with one attached hydrogen (secondary N) is 1. The molecule has 1 aliphatic heterocycles. The van der Waals surface area contributed by atoms with Crippen molar-refractivity contribution < 1.29 is 18.7 Å². The van der Waals surface area contributed by atoms with Gasteiger partial charge in [-0.25, -0.2) is 0 Å². The Morgan fingerprint density at radius 1 is 1.40 bits per heavy atom. The number of ether oxygens (including phenoxy) is 1. The lowest BCUT2D eigenvalue weighted by atomic mass is 9.51. The first-order chi connectivity index (χ1) is 12.2. The van der Waals surface area contributed by atoms with Crippen LogP contribution < -0.4 is 5.32 Å². The zero-order valence-corrected chi connectivity index (χ0v) is 14.7. The molecule has 0 unspecified atom stereocenters. The summed E-state index contributed by atoms with van der Waals surface area (Å²) in [6, 6.07) is 3.14. The Hall–Kier alpha value is -1.82. The predicted molar refractivity (Wildman–Crippen MR) is 91.0 cm³/mol. The standard InChI is InChI=1S/C19H26N2O4/c1-2-24-16-12-15(19(16)8-5-9-19)20-17(22)13-6-3-10-21(13)18(23)14-7-4-11-25-14/h4,7,11,13,15-16H,2-3,5-6,8-10,12H2,1H3,(H,20,22)/t13-,15-,16-/m0/s1. The largest absolute Gasteiger partial charge is 0.459 e. The van der Waals surface area contributed by atoms with Crippen LogP contribution in [0.4, 0.5) is 0 Å². The van der Waals surface area contributed by atoms with Crippen molar-refractivity contribution in [3.8, 4) is 0 Å². The summed E-state index contributed by atoms with van der Waals surface area (Å²) < 4.78 is 11.1. The molecule has 1 aromatic heterocycles. The Balaban J connectivity index is 1.40. The van der Waals surface area contributed by atoms with Gasteiger partial charge >= 0.3 is 0 Å². The van der Waals surface area contributed by atoms with E-state index in [4.69, 9.17) is 9.15 Å². The van der Waals surface area contributed by atoms with E-state index in [9.17, 15) is 9.59 Å². The van der Waals surface area contributed by atoms with Gasteiger partial charge in [0.2, 0.25) is 5.91 Å². The van der Waals surface area contributed by atoms with Crippen molar-refractivity contribution in [2.45, 2.75) is 63.6 Å². The van der Waals surface area contributed by atoms with Gasteiger partial charge in [-0.3, -0.25) is 9.59 Å². The van der Waals surface area contributed by atoms with Crippen LogP contribution in [0.25, 0.3) is 0 Å². The third-order valence-electron chi connectivity index (χ3n) is 6.30. The summed E-state index contributed by atoms with van der Waals surface area (Å²) in [4.78, 5) is 27.1. The van der Waals surface area contributed by atoms with Crippen molar-refractivity contribution in [1.82, 2.24) is 10.2 Å². The second-order valence-electron chi connectivity index (χ2n) is 7.46. The maximum atomic E-state index is 12.8. The summed E-state index contributed by atoms with van der Waals surface area (Å²) in [5, 5.41) is 3.23. The van der Waals surface area contributed by atoms with Crippen LogP contribution in [0.15, 0.2) is 22.8 Å². The highest BCUT2D eigenvalue weighted by molar-refractivity contribution is 5.96. The van der Waals surface area contributed by atoms with Gasteiger partial charge in [-0.05, 0) is 51.2 Å². The van der Waals surface area contributed by atoms with E-state index in [1.165, 1.54) is 12.7 Å². The molecule has 4 rings (SSSR count). The number of amides is 2. The second kappa shape index (κ2) is 6.48. The molecule has 3 aliphatic rings. The van der Waals surface area contributed by atoms with Crippen LogP contribution in [0.2, 0.25) is 0 Å². The molecule has 3 atom stereocenters. The number of likely N-dealkylation sites (tertiary alicyclic amines) is 1. The third-order valence-corrected chi connectivity index (χ3v) is 6.30. The first kappa shape index (κ1) is 16.6. The Morgan fingerprint density at radius 3 is 2.88 bits per heavy atom. The molecular weight excluding hydrogens is 320 g/mol. The summed E-state index contributed by atoms with van der Waals surface area (Å²) in [6.07, 6.45) is 7.68. The van der Waals surface area contributed by atoms with E-state index in [1.807, 2.05) is 6.92 Å². The van der Waals surface area contributed by atoms with E-state index >= 15 is 0 Å². The molecule has 136 valence electrons. The van der Waals surface area contributed by atoms with Crippen LogP contribution >= 0.6 is 0 Å². The monoisotopic (exact) mass is 346 g/mol. The fraction of sp³-hybridized carbons (Fsp3) is 0.684. The van der Waals surface area contributed by atoms with Crippen molar-refractivity contribution in [3.63, 3.8) is 0 Å². The van der Waals surface area contributed by atoms with E-state index in [1.54, 1.807) is 17.0 Å². The lowest BCUT2D eigenvalue weighted by Gasteiger charge is -2.61. The molecule has 1 N–H and O–H groups in total. The maximum Gasteiger partial charge on any atom is 0.290 e. The quantitative estimate of drug-likeness (QED) is 0.888. The Kier molecular flexibility index (Phi) is 4.31. The SMILES string of the molecule is CCO[C@H]1C[C@H](NC(=O)[C@@H]2CCCN2C(=O)c2ccco2)C12CCC2. The highest BCUT2D eigenvalue weighted by Gasteiger charge is 2.59. The fourth-order valence-corrected chi connectivity index (χ4v) is 4.73. The van der Waals surface area contributed by atoms with Gasteiger partial charge < -0.3 is 19.4 Å². The maximum absolute atomic E-state index is 12.8. The first-order valence-electron chi connectivity index (χ1n) is 9.42. The average molecular weight is 346 g/mol. The van der Waals surface area contributed by atoms with Gasteiger partial charge in [-0.1, -0.05) is 6.42 Å². The molecule has 6 nitrogen and oxygen atoms in total. The molecule has 0 bridgehead atoms. The van der Waals surface area contributed by atoms with Crippen molar-refractivity contribution >= 4 is 11.8 Å². The minimum absolute atomic E-state index is 0.0244. The van der Waals surface area contributed by atoms with Crippen molar-refractivity contribution in [2.75, 3.05) is 13.2 Å². The second-order valence-corrected chi connectivity index (χ2v) is 7.46. The van der Waals surface area contributed by atoms with E-state index < -0.39 is 0 Å². The summed E-state index contributed by atoms with van der Waals surface area (Å²) in [7, 11) is 0. The smallest absolute Gasteiger partial charge is 0.290 e. The zero-order valence-electron chi connectivity index (χ0n) is 14.7. The summed E-state index contributed by atoms with van der Waals surface area (Å²) in [5.41, 5.74) is 0.139. The molecule has 0 radical (unpaired) electrons. The molecular formula is C19H26N2O4. The van der Waals surface area contributed by atoms with E-state index in [0.717, 1.165) is 32.3 Å². The molecule has 0 aromatic carbocycles. The number of hydrogen-bond acceptors (Lipinski definition) is 4. The van der Waals surface area contributed by atoms with Gasteiger partial charge in [-0.2, -0.15) is 0 Å². The lowest BCUT2D eigenvalue weighted by Crippen LogP contribution is -2.68. The van der Waals surface area contributed by atoms with Gasteiger partial charge in [0.1, 0.15) is 6.04 Å². The minimum Gasteiger partial charge on any atom is -0.459 e. The van der Waals surface area contributed by atoms with Crippen molar-refractivity contribution in [3.05, 3.63) is 24.2 Å². The van der Waals surface area contributed by atoms with Crippen LogP contribution in [-0.2, 0) is 9.53 Å². The van der Waals surface area contributed by atoms with E-state index in [-0.39, 0.29) is 35.4 Å². The number of hydrogen-bond donors (Lipinski definition) is 1. The normalized spacial score (nSPS) is 30.0. The summed E-state index contributed by atoms with van der Waals surface area (Å²) in [6.45, 7) is 3.35. The van der Waals surface area contributed by atoms with Gasteiger partial charge in [0.15, 0.2) is 5.76 Å². The Labute approximate surface area is 147 Å². The van der Waals surface area contributed by atoms with Gasteiger partial charge in [0.25, 0.3) is 5.91 Å². The van der Waals surface area contributed by atoms with Gasteiger partial charge in [0, 0.05) is 24.6 Å². The van der Waals surface area contributed by atoms with E-state index in [0.29, 0.717) is 18.7 Å². The number of carbonyl (C=O) groups excluding carboxylic acids is 2. The molecule has 6 heteroatoms. The lowest BCUT2D eigenvalue weighted by molar-refractivity contribution is -0.176. The predicted octanol–water partition coefficient (Wildman–Crippen LogP) is 2.35. The molecule has 1 saturated heterocycles. The van der Waals surface area contributed by atoms with Crippen LogP contribution in [0, 0.1) is 5.41 Å². The Bertz CT molecular complexity index is 638. The molecule has 1 aromatic rings. The topological polar surface area (TPSA) is 71.8 Å². The first-order valence-corrected chi connectivity index (χ1v) is 9.42. The van der Waals surface area contributed by atoms with Crippen LogP contribution in [0.1, 0.15) is 56.0 Å². The minimum atomic E-state index is -0.388. The molecule has 25 heavy (non-hydrogen) atoms. The van der Waals surface area contributed by atoms with Crippen LogP contribution in [0.3, 0.4) is 0 Å². The van der Waals surface area contributed by atoms with Crippen LogP contribution in [0.5, 0.6) is 0 Å². The van der Waals surface area contributed by atoms with Crippen molar-refractivity contribution in [1.29, 1.82) is 0 Å².